The summed E-state index contributed by atoms with van der Waals surface area (Å²) in [5.41, 5.74) is 0.349. The van der Waals surface area contributed by atoms with Crippen LogP contribution in [-0.2, 0) is 14.3 Å². The third-order valence-corrected chi connectivity index (χ3v) is 4.12. The number of morpholine rings is 1. The van der Waals surface area contributed by atoms with E-state index < -0.39 is 17.6 Å². The highest BCUT2D eigenvalue weighted by molar-refractivity contribution is 6.39. The molecule has 1 aliphatic heterocycles. The maximum atomic E-state index is 12.9. The molecule has 1 fully saturated rings. The van der Waals surface area contributed by atoms with E-state index in [-0.39, 0.29) is 12.6 Å². The van der Waals surface area contributed by atoms with Crippen LogP contribution in [-0.4, -0.2) is 49.6 Å². The van der Waals surface area contributed by atoms with Crippen LogP contribution in [0.5, 0.6) is 0 Å². The van der Waals surface area contributed by atoms with E-state index in [0.717, 1.165) is 0 Å². The lowest BCUT2D eigenvalue weighted by Crippen LogP contribution is -2.45. The van der Waals surface area contributed by atoms with Crippen molar-refractivity contribution < 1.29 is 23.1 Å². The second kappa shape index (κ2) is 8.59. The van der Waals surface area contributed by atoms with E-state index in [9.17, 15) is 14.0 Å². The Labute approximate surface area is 150 Å². The number of anilines is 1. The molecule has 0 bridgehead atoms. The van der Waals surface area contributed by atoms with E-state index in [1.165, 1.54) is 24.3 Å². The van der Waals surface area contributed by atoms with Crippen LogP contribution in [0.15, 0.2) is 47.1 Å². The van der Waals surface area contributed by atoms with Crippen LogP contribution in [0.2, 0.25) is 0 Å². The first-order chi connectivity index (χ1) is 12.6. The molecule has 2 N–H and O–H groups in total. The standard InChI is InChI=1S/C18H20FN3O4/c19-13-3-5-14(6-4-13)21-18(24)17(23)20-12-15(16-2-1-9-26-16)22-7-10-25-11-8-22/h1-6,9,15H,7-8,10-12H2,(H,20,23)(H,21,24). The minimum Gasteiger partial charge on any atom is -0.468 e. The molecule has 1 aliphatic rings. The van der Waals surface area contributed by atoms with E-state index in [2.05, 4.69) is 15.5 Å². The summed E-state index contributed by atoms with van der Waals surface area (Å²) in [6, 6.07) is 8.63. The number of ether oxygens (including phenoxy) is 1. The molecule has 7 nitrogen and oxygen atoms in total. The van der Waals surface area contributed by atoms with Crippen LogP contribution in [0.25, 0.3) is 0 Å². The Kier molecular flexibility index (Phi) is 5.98. The predicted molar refractivity (Wildman–Crippen MR) is 91.9 cm³/mol. The number of rotatable bonds is 5. The molecule has 1 unspecified atom stereocenters. The maximum Gasteiger partial charge on any atom is 0.313 e. The van der Waals surface area contributed by atoms with Crippen LogP contribution < -0.4 is 10.6 Å². The zero-order valence-electron chi connectivity index (χ0n) is 14.1. The van der Waals surface area contributed by atoms with Crippen molar-refractivity contribution in [2.24, 2.45) is 0 Å². The Balaban J connectivity index is 1.58. The minimum atomic E-state index is -0.809. The average Bonchev–Trinajstić information content (AvgIpc) is 3.19. The van der Waals surface area contributed by atoms with Crippen LogP contribution in [0.3, 0.4) is 0 Å². The zero-order valence-corrected chi connectivity index (χ0v) is 14.1. The van der Waals surface area contributed by atoms with Gasteiger partial charge in [-0.2, -0.15) is 0 Å². The van der Waals surface area contributed by atoms with Gasteiger partial charge in [-0.3, -0.25) is 14.5 Å². The summed E-state index contributed by atoms with van der Waals surface area (Å²) in [5.74, 6) is -1.28. The first-order valence-corrected chi connectivity index (χ1v) is 8.33. The first kappa shape index (κ1) is 18.1. The Hall–Kier alpha value is -2.71. The zero-order chi connectivity index (χ0) is 18.4. The monoisotopic (exact) mass is 361 g/mol. The minimum absolute atomic E-state index is 0.184. The number of hydrogen-bond donors (Lipinski definition) is 2. The topological polar surface area (TPSA) is 83.8 Å². The molecule has 0 radical (unpaired) electrons. The van der Waals surface area contributed by atoms with E-state index in [1.807, 2.05) is 6.07 Å². The Morgan fingerprint density at radius 1 is 1.12 bits per heavy atom. The quantitative estimate of drug-likeness (QED) is 0.790. The van der Waals surface area contributed by atoms with Gasteiger partial charge in [0.15, 0.2) is 0 Å². The van der Waals surface area contributed by atoms with Gasteiger partial charge >= 0.3 is 11.8 Å². The Morgan fingerprint density at radius 3 is 2.50 bits per heavy atom. The van der Waals surface area contributed by atoms with Gasteiger partial charge in [-0.05, 0) is 36.4 Å². The second-order valence-electron chi connectivity index (χ2n) is 5.85. The van der Waals surface area contributed by atoms with Crippen molar-refractivity contribution in [2.45, 2.75) is 6.04 Å². The fourth-order valence-corrected chi connectivity index (χ4v) is 2.77. The van der Waals surface area contributed by atoms with Crippen molar-refractivity contribution in [1.29, 1.82) is 0 Å². The highest BCUT2D eigenvalue weighted by atomic mass is 19.1. The van der Waals surface area contributed by atoms with Crippen molar-refractivity contribution >= 4 is 17.5 Å². The number of furan rings is 1. The molecule has 1 aromatic heterocycles. The van der Waals surface area contributed by atoms with Gasteiger partial charge in [0.25, 0.3) is 0 Å². The van der Waals surface area contributed by atoms with Crippen molar-refractivity contribution in [3.05, 3.63) is 54.2 Å². The summed E-state index contributed by atoms with van der Waals surface area (Å²) in [6.45, 7) is 2.86. The molecule has 0 aliphatic carbocycles. The number of benzene rings is 1. The number of carbonyl (C=O) groups is 2. The summed E-state index contributed by atoms with van der Waals surface area (Å²) >= 11 is 0. The maximum absolute atomic E-state index is 12.9. The molecule has 2 amide bonds. The number of nitrogens with one attached hydrogen (secondary N) is 2. The number of hydrogen-bond acceptors (Lipinski definition) is 5. The van der Waals surface area contributed by atoms with Crippen molar-refractivity contribution in [3.8, 4) is 0 Å². The molecule has 1 aromatic carbocycles. The van der Waals surface area contributed by atoms with Gasteiger partial charge in [0.2, 0.25) is 0 Å². The molecule has 3 rings (SSSR count). The summed E-state index contributed by atoms with van der Waals surface area (Å²) in [4.78, 5) is 26.2. The molecule has 0 spiro atoms. The largest absolute Gasteiger partial charge is 0.468 e. The average molecular weight is 361 g/mol. The van der Waals surface area contributed by atoms with Gasteiger partial charge in [-0.1, -0.05) is 0 Å². The van der Waals surface area contributed by atoms with E-state index in [4.69, 9.17) is 9.15 Å². The van der Waals surface area contributed by atoms with E-state index >= 15 is 0 Å². The SMILES string of the molecule is O=C(NCC(c1ccco1)N1CCOCC1)C(=O)Nc1ccc(F)cc1. The highest BCUT2D eigenvalue weighted by Crippen LogP contribution is 2.21. The van der Waals surface area contributed by atoms with Crippen LogP contribution in [0.1, 0.15) is 11.8 Å². The van der Waals surface area contributed by atoms with Crippen molar-refractivity contribution in [3.63, 3.8) is 0 Å². The summed E-state index contributed by atoms with van der Waals surface area (Å²) < 4.78 is 23.7. The van der Waals surface area contributed by atoms with Crippen LogP contribution in [0, 0.1) is 5.82 Å². The molecule has 2 aromatic rings. The van der Waals surface area contributed by atoms with Gasteiger partial charge < -0.3 is 19.8 Å². The van der Waals surface area contributed by atoms with Crippen LogP contribution in [0.4, 0.5) is 10.1 Å². The Morgan fingerprint density at radius 2 is 1.85 bits per heavy atom. The van der Waals surface area contributed by atoms with Gasteiger partial charge in [0, 0.05) is 25.3 Å². The highest BCUT2D eigenvalue weighted by Gasteiger charge is 2.26. The Bertz CT molecular complexity index is 727. The number of halogens is 1. The molecule has 1 atom stereocenters. The molecular formula is C18H20FN3O4. The van der Waals surface area contributed by atoms with Gasteiger partial charge in [-0.25, -0.2) is 4.39 Å². The summed E-state index contributed by atoms with van der Waals surface area (Å²) in [7, 11) is 0. The summed E-state index contributed by atoms with van der Waals surface area (Å²) in [5, 5.41) is 5.06. The van der Waals surface area contributed by atoms with Crippen LogP contribution >= 0.6 is 0 Å². The van der Waals surface area contributed by atoms with Crippen molar-refractivity contribution in [2.75, 3.05) is 38.2 Å². The molecule has 2 heterocycles. The summed E-state index contributed by atoms with van der Waals surface area (Å²) in [6.07, 6.45) is 1.58. The molecule has 26 heavy (non-hydrogen) atoms. The molecule has 138 valence electrons. The molecule has 1 saturated heterocycles. The third kappa shape index (κ3) is 4.68. The lowest BCUT2D eigenvalue weighted by Gasteiger charge is -2.33. The second-order valence-corrected chi connectivity index (χ2v) is 5.85. The third-order valence-electron chi connectivity index (χ3n) is 4.12. The van der Waals surface area contributed by atoms with Crippen molar-refractivity contribution in [1.82, 2.24) is 10.2 Å². The van der Waals surface area contributed by atoms with E-state index in [1.54, 1.807) is 12.3 Å². The number of carbonyl (C=O) groups excluding carboxylic acids is 2. The van der Waals surface area contributed by atoms with E-state index in [0.29, 0.717) is 37.8 Å². The molecular weight excluding hydrogens is 341 g/mol. The van der Waals surface area contributed by atoms with Gasteiger partial charge in [0.05, 0.1) is 25.5 Å². The predicted octanol–water partition coefficient (Wildman–Crippen LogP) is 1.55. The van der Waals surface area contributed by atoms with Gasteiger partial charge in [0.1, 0.15) is 11.6 Å². The molecule has 8 heteroatoms. The first-order valence-electron chi connectivity index (χ1n) is 8.33. The smallest absolute Gasteiger partial charge is 0.313 e. The lowest BCUT2D eigenvalue weighted by molar-refractivity contribution is -0.136. The fourth-order valence-electron chi connectivity index (χ4n) is 2.77. The van der Waals surface area contributed by atoms with Gasteiger partial charge in [-0.15, -0.1) is 0 Å². The normalized spacial score (nSPS) is 16.0. The lowest BCUT2D eigenvalue weighted by atomic mass is 10.1. The number of nitrogens with zero attached hydrogens (tertiary/aromatic N) is 1. The fraction of sp³-hybridized carbons (Fsp3) is 0.333. The number of amides is 2. The molecule has 0 saturated carbocycles.